The van der Waals surface area contributed by atoms with E-state index in [9.17, 15) is 8.42 Å². The Bertz CT molecular complexity index is 1410. The van der Waals surface area contributed by atoms with Gasteiger partial charge in [0.25, 0.3) is 0 Å². The third-order valence-corrected chi connectivity index (χ3v) is 8.50. The summed E-state index contributed by atoms with van der Waals surface area (Å²) in [5.41, 5.74) is 4.63. The van der Waals surface area contributed by atoms with E-state index in [4.69, 9.17) is 4.74 Å². The van der Waals surface area contributed by atoms with Crippen LogP contribution in [0, 0.1) is 0 Å². The average molecular weight is 533 g/mol. The second-order valence-corrected chi connectivity index (χ2v) is 11.5. The van der Waals surface area contributed by atoms with Gasteiger partial charge in [-0.05, 0) is 72.4 Å². The first-order chi connectivity index (χ1) is 18.6. The van der Waals surface area contributed by atoms with Crippen molar-refractivity contribution in [1.82, 2.24) is 19.9 Å². The Morgan fingerprint density at radius 2 is 1.68 bits per heavy atom. The minimum atomic E-state index is -3.57. The summed E-state index contributed by atoms with van der Waals surface area (Å²) in [5.74, 6) is 0.693. The zero-order chi connectivity index (χ0) is 26.2. The maximum Gasteiger partial charge on any atom is 0.240 e. The number of fused-ring (bicyclic) bond motifs is 1. The van der Waals surface area contributed by atoms with Gasteiger partial charge in [-0.2, -0.15) is 0 Å². The lowest BCUT2D eigenvalue weighted by molar-refractivity contribution is 0.214. The fourth-order valence-corrected chi connectivity index (χ4v) is 5.97. The quantitative estimate of drug-likeness (QED) is 0.235. The molecule has 0 unspecified atom stereocenters. The lowest BCUT2D eigenvalue weighted by Crippen LogP contribution is -2.43. The van der Waals surface area contributed by atoms with Crippen molar-refractivity contribution in [1.29, 1.82) is 0 Å². The van der Waals surface area contributed by atoms with E-state index < -0.39 is 10.0 Å². The van der Waals surface area contributed by atoms with Crippen molar-refractivity contribution in [3.63, 3.8) is 0 Å². The predicted octanol–water partition coefficient (Wildman–Crippen LogP) is 4.42. The van der Waals surface area contributed by atoms with E-state index in [0.29, 0.717) is 25.3 Å². The van der Waals surface area contributed by atoms with E-state index in [0.717, 1.165) is 51.1 Å². The van der Waals surface area contributed by atoms with Gasteiger partial charge in [0, 0.05) is 56.4 Å². The molecular formula is C30H36N4O3S. The first kappa shape index (κ1) is 26.4. The molecule has 0 amide bonds. The summed E-state index contributed by atoms with van der Waals surface area (Å²) in [7, 11) is -3.57. The smallest absolute Gasteiger partial charge is 0.240 e. The molecule has 1 aliphatic rings. The van der Waals surface area contributed by atoms with Crippen molar-refractivity contribution < 1.29 is 13.2 Å². The van der Waals surface area contributed by atoms with Crippen molar-refractivity contribution in [3.05, 3.63) is 84.6 Å². The van der Waals surface area contributed by atoms with Gasteiger partial charge < -0.3 is 19.9 Å². The number of ether oxygens (including phenoxy) is 1. The summed E-state index contributed by atoms with van der Waals surface area (Å²) in [4.78, 5) is 6.02. The molecule has 7 nitrogen and oxygen atoms in total. The summed E-state index contributed by atoms with van der Waals surface area (Å²) < 4.78 is 34.1. The highest BCUT2D eigenvalue weighted by Crippen LogP contribution is 2.27. The number of aryl methyl sites for hydroxylation is 1. The molecule has 0 saturated carbocycles. The van der Waals surface area contributed by atoms with Crippen LogP contribution in [0.2, 0.25) is 0 Å². The number of rotatable bonds is 12. The Labute approximate surface area is 225 Å². The summed E-state index contributed by atoms with van der Waals surface area (Å²) in [6.45, 7) is 6.26. The zero-order valence-corrected chi connectivity index (χ0v) is 22.5. The molecule has 1 aromatic heterocycles. The molecule has 0 radical (unpaired) electrons. The number of aromatic nitrogens is 1. The standard InChI is InChI=1S/C30H36N4O3S/c35-38(36,28-12-10-27(11-13-28)37-21-5-18-34-19-16-31-17-20-34)33-15-4-8-26-23-32-30-14-9-25(22-29(26)30)24-6-2-1-3-7-24/h1-3,6-7,9-14,22-23,31-33H,4-5,8,15-21H2. The minimum absolute atomic E-state index is 0.255. The number of aromatic amines is 1. The van der Waals surface area contributed by atoms with Crippen molar-refractivity contribution in [2.75, 3.05) is 45.9 Å². The Balaban J connectivity index is 1.09. The van der Waals surface area contributed by atoms with Gasteiger partial charge in [0.2, 0.25) is 10.0 Å². The molecule has 4 aromatic rings. The number of benzene rings is 3. The van der Waals surface area contributed by atoms with Crippen LogP contribution in [-0.2, 0) is 16.4 Å². The number of H-pyrrole nitrogens is 1. The Kier molecular flexibility index (Phi) is 8.75. The van der Waals surface area contributed by atoms with E-state index in [1.807, 2.05) is 24.4 Å². The van der Waals surface area contributed by atoms with Gasteiger partial charge in [-0.15, -0.1) is 0 Å². The summed E-state index contributed by atoms with van der Waals surface area (Å²) in [6, 6.07) is 23.4. The first-order valence-electron chi connectivity index (χ1n) is 13.4. The minimum Gasteiger partial charge on any atom is -0.494 e. The van der Waals surface area contributed by atoms with Crippen LogP contribution < -0.4 is 14.8 Å². The van der Waals surface area contributed by atoms with Crippen molar-refractivity contribution in [2.45, 2.75) is 24.2 Å². The first-order valence-corrected chi connectivity index (χ1v) is 14.9. The molecule has 2 heterocycles. The molecule has 38 heavy (non-hydrogen) atoms. The maximum atomic E-state index is 12.8. The van der Waals surface area contributed by atoms with Crippen LogP contribution in [0.3, 0.4) is 0 Å². The van der Waals surface area contributed by atoms with Crippen LogP contribution in [0.1, 0.15) is 18.4 Å². The molecule has 1 aliphatic heterocycles. The largest absolute Gasteiger partial charge is 0.494 e. The SMILES string of the molecule is O=S(=O)(NCCCc1c[nH]c2ccc(-c3ccccc3)cc12)c1ccc(OCCCN2CCNCC2)cc1. The molecule has 200 valence electrons. The molecule has 0 atom stereocenters. The second-order valence-electron chi connectivity index (χ2n) is 9.71. The third kappa shape index (κ3) is 6.82. The Morgan fingerprint density at radius 1 is 0.895 bits per heavy atom. The monoisotopic (exact) mass is 532 g/mol. The van der Waals surface area contributed by atoms with E-state index in [-0.39, 0.29) is 4.90 Å². The van der Waals surface area contributed by atoms with Crippen molar-refractivity contribution >= 4 is 20.9 Å². The van der Waals surface area contributed by atoms with Crippen LogP contribution in [-0.4, -0.2) is 64.2 Å². The van der Waals surface area contributed by atoms with Gasteiger partial charge in [-0.3, -0.25) is 0 Å². The number of piperazine rings is 1. The van der Waals surface area contributed by atoms with Crippen LogP contribution in [0.4, 0.5) is 0 Å². The Morgan fingerprint density at radius 3 is 2.47 bits per heavy atom. The van der Waals surface area contributed by atoms with E-state index >= 15 is 0 Å². The number of nitrogens with zero attached hydrogens (tertiary/aromatic N) is 1. The number of sulfonamides is 1. The van der Waals surface area contributed by atoms with Crippen molar-refractivity contribution in [3.8, 4) is 16.9 Å². The highest BCUT2D eigenvalue weighted by atomic mass is 32.2. The average Bonchev–Trinajstić information content (AvgIpc) is 3.37. The molecule has 0 aliphatic carbocycles. The number of hydrogen-bond donors (Lipinski definition) is 3. The van der Waals surface area contributed by atoms with E-state index in [2.05, 4.69) is 50.3 Å². The lowest BCUT2D eigenvalue weighted by atomic mass is 10.0. The van der Waals surface area contributed by atoms with Gasteiger partial charge in [0.15, 0.2) is 0 Å². The highest BCUT2D eigenvalue weighted by molar-refractivity contribution is 7.89. The summed E-state index contributed by atoms with van der Waals surface area (Å²) in [5, 5.41) is 4.53. The predicted molar refractivity (Wildman–Crippen MR) is 153 cm³/mol. The molecule has 3 N–H and O–H groups in total. The molecule has 5 rings (SSSR count). The van der Waals surface area contributed by atoms with Gasteiger partial charge in [-0.1, -0.05) is 36.4 Å². The molecule has 0 bridgehead atoms. The molecule has 0 spiro atoms. The van der Waals surface area contributed by atoms with Crippen LogP contribution >= 0.6 is 0 Å². The molecule has 1 saturated heterocycles. The Hall–Kier alpha value is -3.17. The summed E-state index contributed by atoms with van der Waals surface area (Å²) >= 11 is 0. The maximum absolute atomic E-state index is 12.8. The topological polar surface area (TPSA) is 86.5 Å². The van der Waals surface area contributed by atoms with Gasteiger partial charge in [-0.25, -0.2) is 13.1 Å². The fraction of sp³-hybridized carbons (Fsp3) is 0.333. The van der Waals surface area contributed by atoms with Crippen LogP contribution in [0.15, 0.2) is 83.9 Å². The third-order valence-electron chi connectivity index (χ3n) is 7.02. The number of nitrogens with one attached hydrogen (secondary N) is 3. The fourth-order valence-electron chi connectivity index (χ4n) is 4.89. The highest BCUT2D eigenvalue weighted by Gasteiger charge is 2.14. The molecule has 8 heteroatoms. The lowest BCUT2D eigenvalue weighted by Gasteiger charge is -2.26. The van der Waals surface area contributed by atoms with Crippen LogP contribution in [0.25, 0.3) is 22.0 Å². The molecule has 3 aromatic carbocycles. The normalized spacial score (nSPS) is 14.6. The summed E-state index contributed by atoms with van der Waals surface area (Å²) in [6.07, 6.45) is 4.46. The van der Waals surface area contributed by atoms with Crippen LogP contribution in [0.5, 0.6) is 5.75 Å². The zero-order valence-electron chi connectivity index (χ0n) is 21.7. The van der Waals surface area contributed by atoms with Gasteiger partial charge >= 0.3 is 0 Å². The second kappa shape index (κ2) is 12.6. The van der Waals surface area contributed by atoms with E-state index in [1.165, 1.54) is 22.1 Å². The van der Waals surface area contributed by atoms with Crippen molar-refractivity contribution in [2.24, 2.45) is 0 Å². The van der Waals surface area contributed by atoms with Gasteiger partial charge in [0.05, 0.1) is 11.5 Å². The number of hydrogen-bond acceptors (Lipinski definition) is 5. The van der Waals surface area contributed by atoms with Gasteiger partial charge in [0.1, 0.15) is 5.75 Å². The molecule has 1 fully saturated rings. The molecular weight excluding hydrogens is 496 g/mol. The van der Waals surface area contributed by atoms with E-state index in [1.54, 1.807) is 24.3 Å².